The first-order valence-electron chi connectivity index (χ1n) is 38.1. The molecule has 0 aliphatic heterocycles. The second-order valence-corrected chi connectivity index (χ2v) is 28.6. The topological polar surface area (TPSA) is 111 Å². The molecule has 3 atom stereocenters. The third kappa shape index (κ3) is 68.1. The lowest BCUT2D eigenvalue weighted by Gasteiger charge is -2.27. The molecule has 1 amide bonds. The Kier molecular flexibility index (Phi) is 65.8. The van der Waals surface area contributed by atoms with E-state index in [1.165, 1.54) is 270 Å². The van der Waals surface area contributed by atoms with Crippen LogP contribution in [0.3, 0.4) is 0 Å². The summed E-state index contributed by atoms with van der Waals surface area (Å²) in [4.78, 5) is 38.0. The Hall–Kier alpha value is -2.29. The van der Waals surface area contributed by atoms with Gasteiger partial charge in [0, 0.05) is 12.8 Å². The van der Waals surface area contributed by atoms with Crippen LogP contribution in [-0.2, 0) is 27.9 Å². The fourth-order valence-corrected chi connectivity index (χ4v) is 12.0. The summed E-state index contributed by atoms with van der Waals surface area (Å²) in [5.74, 6) is -0.489. The van der Waals surface area contributed by atoms with Crippen LogP contribution < -0.4 is 5.32 Å². The van der Waals surface area contributed by atoms with Crippen LogP contribution in [0.4, 0.5) is 0 Å². The molecule has 0 rings (SSSR count). The number of rotatable bonds is 70. The zero-order valence-corrected chi connectivity index (χ0v) is 60.1. The molecule has 516 valence electrons. The zero-order valence-electron chi connectivity index (χ0n) is 59.2. The van der Waals surface area contributed by atoms with E-state index in [1.807, 2.05) is 33.3 Å². The van der Waals surface area contributed by atoms with Gasteiger partial charge in [-0.2, -0.15) is 0 Å². The number of carbonyl (C=O) groups excluding carboxylic acids is 2. The van der Waals surface area contributed by atoms with Gasteiger partial charge in [-0.05, 0) is 96.0 Å². The number of unbranched alkanes of at least 4 members (excludes halogenated alkanes) is 46. The van der Waals surface area contributed by atoms with E-state index in [0.717, 1.165) is 70.6 Å². The first kappa shape index (κ1) is 85.7. The van der Waals surface area contributed by atoms with Crippen molar-refractivity contribution in [3.63, 3.8) is 0 Å². The van der Waals surface area contributed by atoms with Gasteiger partial charge >= 0.3 is 13.8 Å². The minimum absolute atomic E-state index is 0.0412. The Morgan fingerprint density at radius 2 is 0.693 bits per heavy atom. The fourth-order valence-electron chi connectivity index (χ4n) is 11.3. The smallest absolute Gasteiger partial charge is 0.456 e. The Bertz CT molecular complexity index is 1690. The standard InChI is InChI=1S/C78H147N2O7P/c1-7-10-13-16-19-22-25-28-30-32-34-36-38-39-40-41-43-45-47-49-51-53-56-59-62-65-68-71-78(82)87-76(69-66-63-60-57-54-27-24-21-18-15-12-9-3)75(74-86-88(83,84)85-73-72-80(4,5)6)79-77(81)70-67-64-61-58-55-52-50-48-46-44-42-37-35-33-31-29-26-23-20-17-14-11-8-2/h19-20,22-23,28-31,66,69,75-76H,7-18,21,24-27,32-65,67-68,70-74H2,1-6H3,(H-,79,81,83,84)/p+1/b22-19-,23-20-,30-28-,31-29-,69-66+. The molecule has 0 aliphatic carbocycles. The number of nitrogens with one attached hydrogen (secondary N) is 1. The molecule has 10 heteroatoms. The van der Waals surface area contributed by atoms with Gasteiger partial charge in [0.1, 0.15) is 19.3 Å². The Morgan fingerprint density at radius 1 is 0.398 bits per heavy atom. The highest BCUT2D eigenvalue weighted by Crippen LogP contribution is 2.43. The van der Waals surface area contributed by atoms with Gasteiger partial charge in [-0.15, -0.1) is 0 Å². The second-order valence-electron chi connectivity index (χ2n) is 27.2. The molecule has 0 saturated heterocycles. The first-order valence-corrected chi connectivity index (χ1v) is 39.6. The molecule has 0 aromatic heterocycles. The van der Waals surface area contributed by atoms with Gasteiger partial charge in [0.05, 0.1) is 33.8 Å². The van der Waals surface area contributed by atoms with Crippen molar-refractivity contribution < 1.29 is 37.3 Å². The maximum atomic E-state index is 13.6. The number of phosphoric acid groups is 1. The van der Waals surface area contributed by atoms with Crippen LogP contribution in [0.5, 0.6) is 0 Å². The van der Waals surface area contributed by atoms with Gasteiger partial charge in [-0.3, -0.25) is 18.6 Å². The van der Waals surface area contributed by atoms with E-state index in [-0.39, 0.29) is 25.1 Å². The number of amides is 1. The van der Waals surface area contributed by atoms with Gasteiger partial charge in [0.15, 0.2) is 0 Å². The quantitative estimate of drug-likeness (QED) is 0.0205. The zero-order chi connectivity index (χ0) is 64.2. The molecule has 0 bridgehead atoms. The van der Waals surface area contributed by atoms with Crippen molar-refractivity contribution in [1.82, 2.24) is 5.32 Å². The highest BCUT2D eigenvalue weighted by molar-refractivity contribution is 7.47. The number of likely N-dealkylation sites (N-methyl/N-ethyl adjacent to an activating group) is 1. The van der Waals surface area contributed by atoms with Gasteiger partial charge in [0.25, 0.3) is 0 Å². The molecule has 3 unspecified atom stereocenters. The van der Waals surface area contributed by atoms with E-state index in [4.69, 9.17) is 13.8 Å². The van der Waals surface area contributed by atoms with E-state index in [2.05, 4.69) is 74.7 Å². The van der Waals surface area contributed by atoms with E-state index in [0.29, 0.717) is 23.9 Å². The summed E-state index contributed by atoms with van der Waals surface area (Å²) in [5.41, 5.74) is 0. The highest BCUT2D eigenvalue weighted by Gasteiger charge is 2.30. The molecule has 0 aromatic rings. The lowest BCUT2D eigenvalue weighted by molar-refractivity contribution is -0.870. The van der Waals surface area contributed by atoms with Gasteiger partial charge in [-0.25, -0.2) is 4.57 Å². The van der Waals surface area contributed by atoms with Crippen LogP contribution in [0.2, 0.25) is 0 Å². The lowest BCUT2D eigenvalue weighted by Crippen LogP contribution is -2.47. The largest absolute Gasteiger partial charge is 0.472 e. The molecule has 0 spiro atoms. The Morgan fingerprint density at radius 3 is 1.05 bits per heavy atom. The number of esters is 1. The number of ether oxygens (including phenoxy) is 1. The normalized spacial score (nSPS) is 13.8. The summed E-state index contributed by atoms with van der Waals surface area (Å²) in [7, 11) is 1.51. The number of phosphoric ester groups is 1. The summed E-state index contributed by atoms with van der Waals surface area (Å²) in [6.07, 6.45) is 88.2. The van der Waals surface area contributed by atoms with E-state index in [1.54, 1.807) is 0 Å². The minimum atomic E-state index is -4.46. The number of hydrogen-bond acceptors (Lipinski definition) is 6. The summed E-state index contributed by atoms with van der Waals surface area (Å²) in [5, 5.41) is 3.08. The number of allylic oxidation sites excluding steroid dienone is 9. The Labute approximate surface area is 547 Å². The maximum Gasteiger partial charge on any atom is 0.472 e. The van der Waals surface area contributed by atoms with E-state index < -0.39 is 20.0 Å². The van der Waals surface area contributed by atoms with Crippen molar-refractivity contribution >= 4 is 19.7 Å². The van der Waals surface area contributed by atoms with Gasteiger partial charge < -0.3 is 19.4 Å². The predicted octanol–water partition coefficient (Wildman–Crippen LogP) is 24.5. The summed E-state index contributed by atoms with van der Waals surface area (Å²) in [6, 6.07) is -0.849. The van der Waals surface area contributed by atoms with Gasteiger partial charge in [0.2, 0.25) is 5.91 Å². The molecular formula is C78H148N2O7P+. The molecule has 0 saturated carbocycles. The van der Waals surface area contributed by atoms with E-state index >= 15 is 0 Å². The average Bonchev–Trinajstić information content (AvgIpc) is 3.61. The van der Waals surface area contributed by atoms with Gasteiger partial charge in [-0.1, -0.05) is 326 Å². The molecule has 0 heterocycles. The van der Waals surface area contributed by atoms with Crippen LogP contribution in [0, 0.1) is 0 Å². The molecule has 2 N–H and O–H groups in total. The third-order valence-electron chi connectivity index (χ3n) is 17.2. The van der Waals surface area contributed by atoms with Crippen molar-refractivity contribution in [2.24, 2.45) is 0 Å². The molecule has 0 aromatic carbocycles. The fraction of sp³-hybridized carbons (Fsp3) is 0.846. The SMILES string of the molecule is CCCCC/C=C\C/C=C\CCCCCCCCCCCCCCCCCCCC(=O)OC(/C=C/CCCCCCCCCCCC)C(COP(=O)(O)OCC[N+](C)(C)C)NC(=O)CCCCCCCCCCCCCCC/C=C\C/C=C\CCCCC. The molecule has 88 heavy (non-hydrogen) atoms. The number of quaternary nitrogens is 1. The maximum absolute atomic E-state index is 13.6. The lowest BCUT2D eigenvalue weighted by atomic mass is 10.0. The minimum Gasteiger partial charge on any atom is -0.456 e. The second kappa shape index (κ2) is 67.6. The number of carbonyl (C=O) groups is 2. The van der Waals surface area contributed by atoms with Crippen LogP contribution in [0.15, 0.2) is 60.8 Å². The number of nitrogens with zero attached hydrogens (tertiary/aromatic N) is 1. The molecular weight excluding hydrogens is 1110 g/mol. The monoisotopic (exact) mass is 1260 g/mol. The Balaban J connectivity index is 4.95. The molecule has 0 fully saturated rings. The van der Waals surface area contributed by atoms with Crippen LogP contribution in [0.25, 0.3) is 0 Å². The van der Waals surface area contributed by atoms with Crippen LogP contribution in [0.1, 0.15) is 374 Å². The van der Waals surface area contributed by atoms with Crippen molar-refractivity contribution in [2.45, 2.75) is 386 Å². The van der Waals surface area contributed by atoms with Crippen molar-refractivity contribution in [3.05, 3.63) is 60.8 Å². The summed E-state index contributed by atoms with van der Waals surface area (Å²) >= 11 is 0. The predicted molar refractivity (Wildman–Crippen MR) is 383 cm³/mol. The highest BCUT2D eigenvalue weighted by atomic mass is 31.2. The average molecular weight is 1260 g/mol. The van der Waals surface area contributed by atoms with Crippen molar-refractivity contribution in [1.29, 1.82) is 0 Å². The summed E-state index contributed by atoms with van der Waals surface area (Å²) in [6.45, 7) is 7.02. The molecule has 0 aliphatic rings. The first-order chi connectivity index (χ1) is 42.9. The van der Waals surface area contributed by atoms with Crippen molar-refractivity contribution in [2.75, 3.05) is 40.9 Å². The van der Waals surface area contributed by atoms with Crippen LogP contribution in [-0.4, -0.2) is 74.3 Å². The number of hydrogen-bond donors (Lipinski definition) is 2. The van der Waals surface area contributed by atoms with Crippen molar-refractivity contribution in [3.8, 4) is 0 Å². The van der Waals surface area contributed by atoms with E-state index in [9.17, 15) is 19.0 Å². The molecule has 9 nitrogen and oxygen atoms in total. The van der Waals surface area contributed by atoms with Crippen LogP contribution >= 0.6 is 7.82 Å². The summed E-state index contributed by atoms with van der Waals surface area (Å²) < 4.78 is 30.9. The third-order valence-corrected chi connectivity index (χ3v) is 18.2. The molecule has 0 radical (unpaired) electrons.